The number of aromatic amines is 1. The molecule has 2 heterocycles. The van der Waals surface area contributed by atoms with Crippen LogP contribution in [-0.2, 0) is 0 Å². The van der Waals surface area contributed by atoms with Gasteiger partial charge in [-0.25, -0.2) is 0 Å². The molecule has 0 saturated heterocycles. The molecular weight excluding hydrogens is 267 g/mol. The number of H-pyrrole nitrogens is 1. The van der Waals surface area contributed by atoms with E-state index in [0.717, 1.165) is 10.9 Å². The summed E-state index contributed by atoms with van der Waals surface area (Å²) in [4.78, 5) is 17.9. The molecule has 60 valence electrons. The second-order valence-electron chi connectivity index (χ2n) is 2.41. The predicted octanol–water partition coefficient (Wildman–Crippen LogP) is 1.53. The van der Waals surface area contributed by atoms with Crippen LogP contribution in [0, 0.1) is 3.57 Å². The molecule has 0 saturated carbocycles. The summed E-state index contributed by atoms with van der Waals surface area (Å²) in [7, 11) is 0. The van der Waals surface area contributed by atoms with Gasteiger partial charge in [0.25, 0.3) is 5.56 Å². The molecule has 0 amide bonds. The van der Waals surface area contributed by atoms with Crippen LogP contribution in [0.4, 0.5) is 0 Å². The highest BCUT2D eigenvalue weighted by atomic mass is 127. The van der Waals surface area contributed by atoms with E-state index < -0.39 is 0 Å². The topological polar surface area (TPSA) is 45.8 Å². The first-order chi connectivity index (χ1) is 5.77. The van der Waals surface area contributed by atoms with E-state index in [1.807, 2.05) is 28.7 Å². The van der Waals surface area contributed by atoms with Crippen LogP contribution >= 0.6 is 22.6 Å². The van der Waals surface area contributed by atoms with E-state index in [9.17, 15) is 4.79 Å². The Morgan fingerprint density at radius 2 is 2.33 bits per heavy atom. The van der Waals surface area contributed by atoms with Gasteiger partial charge in [-0.3, -0.25) is 9.78 Å². The average molecular weight is 272 g/mol. The Balaban J connectivity index is 2.93. The fourth-order valence-electron chi connectivity index (χ4n) is 1.02. The number of hydrogen-bond donors (Lipinski definition) is 1. The summed E-state index contributed by atoms with van der Waals surface area (Å²) in [5.74, 6) is 0. The van der Waals surface area contributed by atoms with Gasteiger partial charge in [0.15, 0.2) is 0 Å². The Bertz CT molecular complexity index is 478. The van der Waals surface area contributed by atoms with Gasteiger partial charge in [-0.15, -0.1) is 0 Å². The summed E-state index contributed by atoms with van der Waals surface area (Å²) in [6.45, 7) is 0. The maximum absolute atomic E-state index is 11.1. The number of aromatic nitrogens is 2. The predicted molar refractivity (Wildman–Crippen MR) is 55.1 cm³/mol. The van der Waals surface area contributed by atoms with Gasteiger partial charge in [0.05, 0.1) is 9.09 Å². The Morgan fingerprint density at radius 3 is 3.17 bits per heavy atom. The minimum atomic E-state index is -0.0469. The molecule has 2 rings (SSSR count). The van der Waals surface area contributed by atoms with E-state index in [1.54, 1.807) is 18.5 Å². The van der Waals surface area contributed by atoms with Crippen LogP contribution in [0.1, 0.15) is 0 Å². The van der Waals surface area contributed by atoms with E-state index in [-0.39, 0.29) is 5.56 Å². The largest absolute Gasteiger partial charge is 0.321 e. The van der Waals surface area contributed by atoms with Crippen molar-refractivity contribution in [3.05, 3.63) is 38.5 Å². The number of pyridine rings is 2. The molecule has 0 fully saturated rings. The average Bonchev–Trinajstić information content (AvgIpc) is 2.07. The monoisotopic (exact) mass is 272 g/mol. The molecule has 3 nitrogen and oxygen atoms in total. The van der Waals surface area contributed by atoms with Crippen LogP contribution in [0.15, 0.2) is 29.3 Å². The molecule has 0 bridgehead atoms. The van der Waals surface area contributed by atoms with E-state index >= 15 is 0 Å². The Kier molecular flexibility index (Phi) is 1.84. The van der Waals surface area contributed by atoms with E-state index in [2.05, 4.69) is 9.97 Å². The molecule has 2 aromatic rings. The Morgan fingerprint density at radius 1 is 1.50 bits per heavy atom. The van der Waals surface area contributed by atoms with E-state index in [4.69, 9.17) is 0 Å². The molecule has 1 N–H and O–H groups in total. The van der Waals surface area contributed by atoms with Crippen molar-refractivity contribution >= 4 is 33.5 Å². The smallest absolute Gasteiger partial charge is 0.261 e. The van der Waals surface area contributed by atoms with Gasteiger partial charge in [0, 0.05) is 17.8 Å². The molecule has 4 heteroatoms. The molecule has 0 radical (unpaired) electrons. The van der Waals surface area contributed by atoms with Crippen molar-refractivity contribution in [3.63, 3.8) is 0 Å². The molecule has 0 spiro atoms. The van der Waals surface area contributed by atoms with E-state index in [0.29, 0.717) is 3.57 Å². The highest BCUT2D eigenvalue weighted by molar-refractivity contribution is 14.1. The molecule has 0 atom stereocenters. The molecule has 0 aliphatic heterocycles. The fraction of sp³-hybridized carbons (Fsp3) is 0. The first kappa shape index (κ1) is 7.72. The first-order valence-corrected chi connectivity index (χ1v) is 4.48. The van der Waals surface area contributed by atoms with Crippen LogP contribution in [-0.4, -0.2) is 9.97 Å². The van der Waals surface area contributed by atoms with Crippen molar-refractivity contribution in [2.75, 3.05) is 0 Å². The maximum Gasteiger partial charge on any atom is 0.261 e. The lowest BCUT2D eigenvalue weighted by atomic mass is 10.3. The lowest BCUT2D eigenvalue weighted by Gasteiger charge is -1.95. The molecule has 0 aliphatic carbocycles. The fourth-order valence-corrected chi connectivity index (χ4v) is 1.49. The Hall–Kier alpha value is -0.910. The first-order valence-electron chi connectivity index (χ1n) is 3.40. The lowest BCUT2D eigenvalue weighted by molar-refractivity contribution is 1.25. The van der Waals surface area contributed by atoms with Crippen molar-refractivity contribution < 1.29 is 0 Å². The number of nitrogens with one attached hydrogen (secondary N) is 1. The normalized spacial score (nSPS) is 10.4. The number of nitrogens with zero attached hydrogens (tertiary/aromatic N) is 1. The SMILES string of the molecule is O=c1[nH]c2ccncc2cc1I. The summed E-state index contributed by atoms with van der Waals surface area (Å²) >= 11 is 2.00. The zero-order chi connectivity index (χ0) is 8.55. The third kappa shape index (κ3) is 1.22. The van der Waals surface area contributed by atoms with Crippen LogP contribution in [0.25, 0.3) is 10.9 Å². The van der Waals surface area contributed by atoms with Gasteiger partial charge in [-0.05, 0) is 34.7 Å². The number of hydrogen-bond acceptors (Lipinski definition) is 2. The highest BCUT2D eigenvalue weighted by Gasteiger charge is 1.97. The van der Waals surface area contributed by atoms with Gasteiger partial charge in [-0.1, -0.05) is 0 Å². The number of rotatable bonds is 0. The van der Waals surface area contributed by atoms with Crippen LogP contribution < -0.4 is 5.56 Å². The summed E-state index contributed by atoms with van der Waals surface area (Å²) in [5.41, 5.74) is 0.782. The molecule has 0 unspecified atom stereocenters. The van der Waals surface area contributed by atoms with Crippen LogP contribution in [0.5, 0.6) is 0 Å². The van der Waals surface area contributed by atoms with Crippen molar-refractivity contribution in [1.29, 1.82) is 0 Å². The number of halogens is 1. The molecule has 0 aromatic carbocycles. The summed E-state index contributed by atoms with van der Waals surface area (Å²) in [6, 6.07) is 3.61. The minimum absolute atomic E-state index is 0.0469. The van der Waals surface area contributed by atoms with Crippen molar-refractivity contribution in [3.8, 4) is 0 Å². The quantitative estimate of drug-likeness (QED) is 0.739. The zero-order valence-electron chi connectivity index (χ0n) is 6.04. The van der Waals surface area contributed by atoms with Crippen LogP contribution in [0.3, 0.4) is 0 Å². The third-order valence-electron chi connectivity index (χ3n) is 1.60. The van der Waals surface area contributed by atoms with Gasteiger partial charge < -0.3 is 4.98 Å². The lowest BCUT2D eigenvalue weighted by Crippen LogP contribution is -2.08. The summed E-state index contributed by atoms with van der Waals surface area (Å²) < 4.78 is 0.688. The molecule has 2 aromatic heterocycles. The summed E-state index contributed by atoms with van der Waals surface area (Å²) in [5, 5.41) is 0.960. The maximum atomic E-state index is 11.1. The Labute approximate surface area is 82.0 Å². The summed E-state index contributed by atoms with van der Waals surface area (Å²) in [6.07, 6.45) is 3.39. The second kappa shape index (κ2) is 2.85. The molecular formula is C8H5IN2O. The van der Waals surface area contributed by atoms with E-state index in [1.165, 1.54) is 0 Å². The second-order valence-corrected chi connectivity index (χ2v) is 3.57. The van der Waals surface area contributed by atoms with Gasteiger partial charge >= 0.3 is 0 Å². The van der Waals surface area contributed by atoms with Crippen molar-refractivity contribution in [2.45, 2.75) is 0 Å². The third-order valence-corrected chi connectivity index (χ3v) is 2.40. The molecule has 0 aliphatic rings. The minimum Gasteiger partial charge on any atom is -0.321 e. The standard InChI is InChI=1S/C8H5IN2O/c9-6-3-5-4-10-2-1-7(5)11-8(6)12/h1-4H,(H,11,12). The van der Waals surface area contributed by atoms with Crippen molar-refractivity contribution in [1.82, 2.24) is 9.97 Å². The van der Waals surface area contributed by atoms with Crippen LogP contribution in [0.2, 0.25) is 0 Å². The number of fused-ring (bicyclic) bond motifs is 1. The zero-order valence-corrected chi connectivity index (χ0v) is 8.20. The molecule has 12 heavy (non-hydrogen) atoms. The van der Waals surface area contributed by atoms with Gasteiger partial charge in [0.1, 0.15) is 0 Å². The van der Waals surface area contributed by atoms with Gasteiger partial charge in [-0.2, -0.15) is 0 Å². The van der Waals surface area contributed by atoms with Gasteiger partial charge in [0.2, 0.25) is 0 Å². The van der Waals surface area contributed by atoms with Crippen molar-refractivity contribution in [2.24, 2.45) is 0 Å². The highest BCUT2D eigenvalue weighted by Crippen LogP contribution is 2.08.